The van der Waals surface area contributed by atoms with Gasteiger partial charge in [-0.05, 0) is 92.5 Å². The third-order valence-electron chi connectivity index (χ3n) is 7.80. The van der Waals surface area contributed by atoms with Gasteiger partial charge >= 0.3 is 0 Å². The van der Waals surface area contributed by atoms with Crippen molar-refractivity contribution in [1.82, 2.24) is 24.7 Å². The van der Waals surface area contributed by atoms with Crippen molar-refractivity contribution in [3.05, 3.63) is 95.5 Å². The Balaban J connectivity index is 1.53. The first-order chi connectivity index (χ1) is 21.7. The van der Waals surface area contributed by atoms with E-state index in [9.17, 15) is 9.90 Å². The number of amides is 1. The number of fused-ring (bicyclic) bond motifs is 2. The van der Waals surface area contributed by atoms with Crippen LogP contribution in [0.15, 0.2) is 73.1 Å². The highest BCUT2D eigenvalue weighted by molar-refractivity contribution is 5.94. The van der Waals surface area contributed by atoms with Crippen LogP contribution in [0.5, 0.6) is 5.88 Å². The molecule has 3 N–H and O–H groups in total. The lowest BCUT2D eigenvalue weighted by Gasteiger charge is -2.28. The Morgan fingerprint density at radius 1 is 1.09 bits per heavy atom. The molecule has 0 fully saturated rings. The SMILES string of the molecule is CN[C@@H](C)C(=O)Nc1ccc(-c2c(-c3ccnc(OC)c3)nc3cc(C)ccn23)c(C#Cc2ccc3c(c2)C=CC(O)N3C)n1. The van der Waals surface area contributed by atoms with Crippen LogP contribution >= 0.6 is 0 Å². The minimum absolute atomic E-state index is 0.209. The zero-order valence-corrected chi connectivity index (χ0v) is 25.7. The Morgan fingerprint density at radius 2 is 1.93 bits per heavy atom. The van der Waals surface area contributed by atoms with Gasteiger partial charge in [-0.2, -0.15) is 0 Å². The smallest absolute Gasteiger partial charge is 0.242 e. The molecule has 1 aliphatic rings. The molecular weight excluding hydrogens is 566 g/mol. The highest BCUT2D eigenvalue weighted by atomic mass is 16.5. The number of hydrogen-bond donors (Lipinski definition) is 3. The molecule has 1 aromatic carbocycles. The molecule has 0 saturated heterocycles. The van der Waals surface area contributed by atoms with E-state index in [4.69, 9.17) is 14.7 Å². The van der Waals surface area contributed by atoms with Gasteiger partial charge in [-0.3, -0.25) is 9.20 Å². The van der Waals surface area contributed by atoms with Crippen LogP contribution in [0, 0.1) is 18.8 Å². The molecule has 0 radical (unpaired) electrons. The number of nitrogens with one attached hydrogen (secondary N) is 2. The van der Waals surface area contributed by atoms with E-state index in [1.165, 1.54) is 0 Å². The number of carbonyl (C=O) groups is 1. The number of methoxy groups -OCH3 is 1. The number of imidazole rings is 1. The molecule has 226 valence electrons. The Kier molecular flexibility index (Phi) is 8.04. The number of likely N-dealkylation sites (N-methyl/N-ethyl adjacent to an activating group) is 2. The summed E-state index contributed by atoms with van der Waals surface area (Å²) in [5.41, 5.74) is 8.03. The molecule has 0 spiro atoms. The van der Waals surface area contributed by atoms with Gasteiger partial charge in [-0.1, -0.05) is 12.0 Å². The number of nitrogens with zero attached hydrogens (tertiary/aromatic N) is 5. The van der Waals surface area contributed by atoms with Crippen molar-refractivity contribution in [3.8, 4) is 40.2 Å². The molecule has 5 heterocycles. The number of aryl methyl sites for hydroxylation is 1. The summed E-state index contributed by atoms with van der Waals surface area (Å²) >= 11 is 0. The number of aromatic nitrogens is 4. The van der Waals surface area contributed by atoms with Crippen LogP contribution in [0.25, 0.3) is 34.2 Å². The molecule has 0 aliphatic carbocycles. The van der Waals surface area contributed by atoms with Gasteiger partial charge in [0.1, 0.15) is 23.4 Å². The summed E-state index contributed by atoms with van der Waals surface area (Å²) in [6, 6.07) is 16.9. The van der Waals surface area contributed by atoms with Crippen LogP contribution in [0.2, 0.25) is 0 Å². The highest BCUT2D eigenvalue weighted by Gasteiger charge is 2.21. The Hall–Kier alpha value is -5.50. The van der Waals surface area contributed by atoms with Gasteiger partial charge in [0.05, 0.1) is 24.5 Å². The van der Waals surface area contributed by atoms with Crippen LogP contribution in [0.3, 0.4) is 0 Å². The second-order valence-corrected chi connectivity index (χ2v) is 10.8. The number of rotatable bonds is 6. The number of ether oxygens (including phenoxy) is 1. The first-order valence-electron chi connectivity index (χ1n) is 14.5. The van der Waals surface area contributed by atoms with Gasteiger partial charge in [0.25, 0.3) is 0 Å². The topological polar surface area (TPSA) is 117 Å². The first-order valence-corrected chi connectivity index (χ1v) is 14.5. The molecule has 0 bridgehead atoms. The lowest BCUT2D eigenvalue weighted by Crippen LogP contribution is -2.35. The molecule has 1 aliphatic heterocycles. The summed E-state index contributed by atoms with van der Waals surface area (Å²) in [4.78, 5) is 28.7. The normalized spacial score (nSPS) is 14.4. The molecule has 6 rings (SSSR count). The number of carbonyl (C=O) groups excluding carboxylic acids is 1. The summed E-state index contributed by atoms with van der Waals surface area (Å²) in [7, 11) is 5.15. The van der Waals surface area contributed by atoms with E-state index < -0.39 is 12.3 Å². The number of aliphatic hydroxyl groups is 1. The minimum atomic E-state index is -0.673. The average Bonchev–Trinajstić information content (AvgIpc) is 3.43. The number of pyridine rings is 3. The first kappa shape index (κ1) is 29.6. The van der Waals surface area contributed by atoms with Crippen molar-refractivity contribution in [2.24, 2.45) is 0 Å². The molecule has 0 saturated carbocycles. The Morgan fingerprint density at radius 3 is 2.73 bits per heavy atom. The Bertz CT molecular complexity index is 2020. The van der Waals surface area contributed by atoms with Gasteiger partial charge in [0, 0.05) is 47.9 Å². The molecule has 4 aromatic heterocycles. The zero-order valence-electron chi connectivity index (χ0n) is 25.7. The zero-order chi connectivity index (χ0) is 31.7. The fraction of sp³-hybridized carbons (Fsp3) is 0.200. The van der Waals surface area contributed by atoms with E-state index in [-0.39, 0.29) is 5.91 Å². The van der Waals surface area contributed by atoms with Gasteiger partial charge < -0.3 is 25.4 Å². The molecule has 10 nitrogen and oxygen atoms in total. The second kappa shape index (κ2) is 12.2. The predicted molar refractivity (Wildman–Crippen MR) is 176 cm³/mol. The standard InChI is InChI=1S/C35H33N7O3/c1-21-15-17-42-30(18-21)40-33(25-14-16-37-31(20-25)45-5)34(42)26-9-12-29(39-35(44)22(2)36-3)38-27(26)10-6-23-7-11-28-24(19-23)8-13-32(43)41(28)4/h7-9,11-20,22,32,36,43H,1-5H3,(H,38,39,44)/t22-,32?/m0/s1. The lowest BCUT2D eigenvalue weighted by molar-refractivity contribution is -0.117. The maximum atomic E-state index is 12.7. The van der Waals surface area contributed by atoms with Gasteiger partial charge in [0.15, 0.2) is 0 Å². The van der Waals surface area contributed by atoms with E-state index in [1.807, 2.05) is 79.2 Å². The number of hydrogen-bond acceptors (Lipinski definition) is 8. The highest BCUT2D eigenvalue weighted by Crippen LogP contribution is 2.36. The second-order valence-electron chi connectivity index (χ2n) is 10.8. The average molecular weight is 600 g/mol. The van der Waals surface area contributed by atoms with Gasteiger partial charge in [-0.15, -0.1) is 0 Å². The third kappa shape index (κ3) is 5.87. The number of anilines is 2. The van der Waals surface area contributed by atoms with Crippen LogP contribution in [0.4, 0.5) is 11.5 Å². The minimum Gasteiger partial charge on any atom is -0.481 e. The van der Waals surface area contributed by atoms with Crippen molar-refractivity contribution in [2.75, 3.05) is 31.4 Å². The van der Waals surface area contributed by atoms with Gasteiger partial charge in [-0.25, -0.2) is 15.0 Å². The summed E-state index contributed by atoms with van der Waals surface area (Å²) in [6.07, 6.45) is 6.63. The van der Waals surface area contributed by atoms with Crippen molar-refractivity contribution in [2.45, 2.75) is 26.1 Å². The summed E-state index contributed by atoms with van der Waals surface area (Å²) < 4.78 is 7.43. The van der Waals surface area contributed by atoms with Crippen LogP contribution < -0.4 is 20.3 Å². The van der Waals surface area contributed by atoms with E-state index >= 15 is 0 Å². The third-order valence-corrected chi connectivity index (χ3v) is 7.80. The number of benzene rings is 1. The largest absolute Gasteiger partial charge is 0.481 e. The monoisotopic (exact) mass is 599 g/mol. The molecule has 10 heteroatoms. The van der Waals surface area contributed by atoms with Crippen LogP contribution in [-0.4, -0.2) is 63.8 Å². The molecule has 45 heavy (non-hydrogen) atoms. The van der Waals surface area contributed by atoms with Crippen molar-refractivity contribution in [3.63, 3.8) is 0 Å². The van der Waals surface area contributed by atoms with E-state index in [0.29, 0.717) is 23.1 Å². The van der Waals surface area contributed by atoms with Gasteiger partial charge in [0.2, 0.25) is 11.8 Å². The maximum Gasteiger partial charge on any atom is 0.242 e. The van der Waals surface area contributed by atoms with Crippen molar-refractivity contribution >= 4 is 29.1 Å². The van der Waals surface area contributed by atoms with E-state index in [2.05, 4.69) is 27.5 Å². The molecule has 1 amide bonds. The fourth-order valence-electron chi connectivity index (χ4n) is 5.13. The van der Waals surface area contributed by atoms with Crippen LogP contribution in [-0.2, 0) is 4.79 Å². The Labute approximate surface area is 261 Å². The summed E-state index contributed by atoms with van der Waals surface area (Å²) in [5, 5.41) is 16.0. The fourth-order valence-corrected chi connectivity index (χ4v) is 5.13. The van der Waals surface area contributed by atoms with E-state index in [1.54, 1.807) is 44.3 Å². The lowest BCUT2D eigenvalue weighted by atomic mass is 10.0. The molecule has 5 aromatic rings. The summed E-state index contributed by atoms with van der Waals surface area (Å²) in [5.74, 6) is 7.21. The quantitative estimate of drug-likeness (QED) is 0.244. The van der Waals surface area contributed by atoms with Crippen molar-refractivity contribution < 1.29 is 14.6 Å². The molecular formula is C35H33N7O3. The molecule has 1 unspecified atom stereocenters. The molecule has 2 atom stereocenters. The maximum absolute atomic E-state index is 12.7. The van der Waals surface area contributed by atoms with E-state index in [0.717, 1.165) is 44.8 Å². The number of aliphatic hydroxyl groups excluding tert-OH is 1. The van der Waals surface area contributed by atoms with Crippen molar-refractivity contribution in [1.29, 1.82) is 0 Å². The van der Waals surface area contributed by atoms with Crippen LogP contribution in [0.1, 0.15) is 29.3 Å². The summed E-state index contributed by atoms with van der Waals surface area (Å²) in [6.45, 7) is 3.80. The predicted octanol–water partition coefficient (Wildman–Crippen LogP) is 4.50.